The first-order valence-electron chi connectivity index (χ1n) is 7.90. The van der Waals surface area contributed by atoms with E-state index in [1.807, 2.05) is 52.8 Å². The van der Waals surface area contributed by atoms with Crippen LogP contribution >= 0.6 is 11.6 Å². The quantitative estimate of drug-likeness (QED) is 0.324. The molecule has 0 atom stereocenters. The first-order valence-corrected chi connectivity index (χ1v) is 8.28. The van der Waals surface area contributed by atoms with Gasteiger partial charge >= 0.3 is 31.1 Å². The number of aromatic nitrogens is 1. The zero-order valence-electron chi connectivity index (χ0n) is 15.6. The standard InChI is InChI=1S/C20H21ClN4.U/c1-12(10-23-24-11-17-8-6-7-9-18(17)21)20(22)19-14(3)13(2)15(4)25-16(19)5;/h6-9H,22H2,1-5H3;/q-2;+2/b20-12-;. The summed E-state index contributed by atoms with van der Waals surface area (Å²) in [5.41, 5.74) is 13.4. The molecule has 0 saturated heterocycles. The number of aryl methyl sites for hydroxylation is 2. The molecule has 1 aromatic heterocycles. The minimum absolute atomic E-state index is 0. The average molecular weight is 591 g/mol. The number of benzene rings is 1. The van der Waals surface area contributed by atoms with E-state index >= 15 is 0 Å². The zero-order valence-corrected chi connectivity index (χ0v) is 20.5. The second kappa shape index (κ2) is 10.1. The van der Waals surface area contributed by atoms with Crippen LogP contribution in [0.5, 0.6) is 0 Å². The van der Waals surface area contributed by atoms with Gasteiger partial charge in [-0.2, -0.15) is 28.8 Å². The van der Waals surface area contributed by atoms with Gasteiger partial charge in [0.2, 0.25) is 0 Å². The summed E-state index contributed by atoms with van der Waals surface area (Å²) in [6, 6.07) is 7.29. The Bertz CT molecular complexity index is 886. The number of allylic oxidation sites excluding steroid dienone is 1. The van der Waals surface area contributed by atoms with E-state index in [9.17, 15) is 0 Å². The van der Waals surface area contributed by atoms with E-state index in [-0.39, 0.29) is 31.1 Å². The molecule has 0 radical (unpaired) electrons. The van der Waals surface area contributed by atoms with Crippen molar-refractivity contribution in [2.75, 3.05) is 0 Å². The molecule has 2 rings (SSSR count). The summed E-state index contributed by atoms with van der Waals surface area (Å²) < 4.78 is 0. The fraction of sp³-hybridized carbons (Fsp3) is 0.250. The third-order valence-electron chi connectivity index (χ3n) is 4.16. The van der Waals surface area contributed by atoms with Gasteiger partial charge in [-0.15, -0.1) is 24.0 Å². The summed E-state index contributed by atoms with van der Waals surface area (Å²) in [4.78, 5) is 4.56. The van der Waals surface area contributed by atoms with Crippen LogP contribution in [0.4, 0.5) is 0 Å². The van der Waals surface area contributed by atoms with E-state index in [4.69, 9.17) is 17.3 Å². The van der Waals surface area contributed by atoms with Crippen LogP contribution in [0, 0.1) is 58.8 Å². The third kappa shape index (κ3) is 5.30. The van der Waals surface area contributed by atoms with Crippen molar-refractivity contribution in [1.82, 2.24) is 4.98 Å². The van der Waals surface area contributed by atoms with Crippen molar-refractivity contribution in [3.63, 3.8) is 0 Å². The van der Waals surface area contributed by atoms with Crippen molar-refractivity contribution in [3.05, 3.63) is 68.5 Å². The maximum atomic E-state index is 6.31. The molecule has 0 aliphatic heterocycles. The minimum Gasteiger partial charge on any atom is -0.474 e. The smallest absolute Gasteiger partial charge is 0.474 e. The molecule has 2 N–H and O–H groups in total. The fourth-order valence-corrected chi connectivity index (χ4v) is 2.67. The molecule has 0 unspecified atom stereocenters. The fourth-order valence-electron chi connectivity index (χ4n) is 2.50. The van der Waals surface area contributed by atoms with Crippen molar-refractivity contribution < 1.29 is 31.1 Å². The van der Waals surface area contributed by atoms with Crippen LogP contribution in [-0.2, 0) is 0 Å². The minimum atomic E-state index is 0. The molecule has 1 aromatic carbocycles. The molecule has 0 spiro atoms. The normalized spacial score (nSPS) is 12.4. The monoisotopic (exact) mass is 590 g/mol. The Balaban J connectivity index is 0.00000338. The predicted octanol–water partition coefficient (Wildman–Crippen LogP) is 4.52. The van der Waals surface area contributed by atoms with E-state index in [1.165, 1.54) is 0 Å². The molecule has 2 aromatic rings. The summed E-state index contributed by atoms with van der Waals surface area (Å²) in [6.07, 6.45) is 5.61. The summed E-state index contributed by atoms with van der Waals surface area (Å²) in [7, 11) is 0. The van der Waals surface area contributed by atoms with Gasteiger partial charge in [0.25, 0.3) is 0 Å². The van der Waals surface area contributed by atoms with Gasteiger partial charge in [0.15, 0.2) is 0 Å². The van der Waals surface area contributed by atoms with Crippen molar-refractivity contribution >= 4 is 29.7 Å². The molecule has 0 aliphatic rings. The van der Waals surface area contributed by atoms with Crippen LogP contribution in [0.25, 0.3) is 5.70 Å². The Hall–Kier alpha value is -1.41. The number of pyridine rings is 1. The van der Waals surface area contributed by atoms with Gasteiger partial charge in [0, 0.05) is 11.4 Å². The number of nitrogens with zero attached hydrogens (tertiary/aromatic N) is 3. The average Bonchev–Trinajstić information content (AvgIpc) is 2.57. The predicted molar refractivity (Wildman–Crippen MR) is 105 cm³/mol. The second-order valence-corrected chi connectivity index (χ2v) is 6.26. The largest absolute Gasteiger partial charge is 2.00 e. The molecule has 0 bridgehead atoms. The van der Waals surface area contributed by atoms with Gasteiger partial charge in [-0.05, 0) is 39.5 Å². The van der Waals surface area contributed by atoms with Crippen LogP contribution in [0.3, 0.4) is 0 Å². The number of hydrogen-bond donors (Lipinski definition) is 1. The number of halogens is 1. The molecular weight excluding hydrogens is 570 g/mol. The first kappa shape index (κ1) is 22.6. The van der Waals surface area contributed by atoms with Crippen molar-refractivity contribution in [1.29, 1.82) is 0 Å². The molecule has 1 heterocycles. The van der Waals surface area contributed by atoms with E-state index in [2.05, 4.69) is 27.6 Å². The van der Waals surface area contributed by atoms with Gasteiger partial charge in [-0.1, -0.05) is 29.1 Å². The van der Waals surface area contributed by atoms with Gasteiger partial charge in [-0.3, -0.25) is 10.1 Å². The maximum Gasteiger partial charge on any atom is 2.00 e. The van der Waals surface area contributed by atoms with Crippen LogP contribution in [0.1, 0.15) is 40.6 Å². The number of nitrogens with two attached hydrogens (primary N) is 1. The summed E-state index contributed by atoms with van der Waals surface area (Å²) in [5, 5.41) is 8.34. The Morgan fingerprint density at radius 3 is 2.35 bits per heavy atom. The SMILES string of the molecule is C/C([C-]=NN=[C-]c1ccccc1Cl)=C(/N)c1c(C)nc(C)c(C)c1C.[U+2]. The van der Waals surface area contributed by atoms with Crippen molar-refractivity contribution in [2.24, 2.45) is 15.9 Å². The molecule has 0 fully saturated rings. The molecular formula is C20H21ClN4U. The molecule has 26 heavy (non-hydrogen) atoms. The van der Waals surface area contributed by atoms with Gasteiger partial charge in [-0.25, -0.2) is 5.10 Å². The van der Waals surface area contributed by atoms with Crippen LogP contribution in [-0.4, -0.2) is 17.4 Å². The Morgan fingerprint density at radius 2 is 1.69 bits per heavy atom. The molecule has 0 saturated carbocycles. The van der Waals surface area contributed by atoms with Gasteiger partial charge in [0.05, 0.1) is 0 Å². The topological polar surface area (TPSA) is 63.6 Å². The van der Waals surface area contributed by atoms with Crippen LogP contribution in [0.2, 0.25) is 5.02 Å². The van der Waals surface area contributed by atoms with Gasteiger partial charge in [0.1, 0.15) is 0 Å². The van der Waals surface area contributed by atoms with Crippen molar-refractivity contribution in [2.45, 2.75) is 34.6 Å². The van der Waals surface area contributed by atoms with Gasteiger partial charge < -0.3 is 5.73 Å². The second-order valence-electron chi connectivity index (χ2n) is 5.85. The van der Waals surface area contributed by atoms with E-state index in [0.29, 0.717) is 21.9 Å². The molecule has 0 aliphatic carbocycles. The third-order valence-corrected chi connectivity index (χ3v) is 4.49. The van der Waals surface area contributed by atoms with Crippen LogP contribution < -0.4 is 5.73 Å². The Kier molecular flexibility index (Phi) is 8.76. The Labute approximate surface area is 184 Å². The maximum absolute atomic E-state index is 6.31. The summed E-state index contributed by atoms with van der Waals surface area (Å²) in [5.74, 6) is 0. The zero-order chi connectivity index (χ0) is 18.6. The number of rotatable bonds is 4. The molecule has 4 nitrogen and oxygen atoms in total. The summed E-state index contributed by atoms with van der Waals surface area (Å²) in [6.45, 7) is 9.89. The Morgan fingerprint density at radius 1 is 1.04 bits per heavy atom. The van der Waals surface area contributed by atoms with Crippen LogP contribution in [0.15, 0.2) is 40.0 Å². The van der Waals surface area contributed by atoms with E-state index < -0.39 is 0 Å². The molecule has 6 heteroatoms. The summed E-state index contributed by atoms with van der Waals surface area (Å²) >= 11 is 6.04. The van der Waals surface area contributed by atoms with E-state index in [0.717, 1.165) is 28.1 Å². The number of hydrogen-bond acceptors (Lipinski definition) is 4. The molecule has 0 amide bonds. The first-order chi connectivity index (χ1) is 11.8. The molecule has 132 valence electrons. The van der Waals surface area contributed by atoms with Crippen molar-refractivity contribution in [3.8, 4) is 0 Å². The van der Waals surface area contributed by atoms with E-state index in [1.54, 1.807) is 6.07 Å².